The summed E-state index contributed by atoms with van der Waals surface area (Å²) in [5, 5.41) is 0.505. The van der Waals surface area contributed by atoms with Crippen LogP contribution < -0.4 is 5.73 Å². The molecule has 110 valence electrons. The average molecular weight is 318 g/mol. The number of ether oxygens (including phenoxy) is 2. The molecule has 0 amide bonds. The molecule has 4 nitrogen and oxygen atoms in total. The van der Waals surface area contributed by atoms with E-state index in [9.17, 15) is 4.79 Å². The SMILES string of the molecule is COC1CCCC(OC(=O)c2cc(Cl)c(N)c(Cl)c2)C1. The van der Waals surface area contributed by atoms with E-state index < -0.39 is 5.97 Å². The van der Waals surface area contributed by atoms with Gasteiger partial charge in [0.05, 0.1) is 27.4 Å². The predicted octanol–water partition coefficient (Wildman–Crippen LogP) is 3.69. The lowest BCUT2D eigenvalue weighted by Gasteiger charge is -2.27. The molecule has 1 aromatic rings. The first kappa shape index (κ1) is 15.4. The van der Waals surface area contributed by atoms with Gasteiger partial charge in [0.2, 0.25) is 0 Å². The molecular formula is C14H17Cl2NO3. The lowest BCUT2D eigenvalue weighted by Crippen LogP contribution is -2.29. The van der Waals surface area contributed by atoms with Crippen LogP contribution in [0.4, 0.5) is 5.69 Å². The number of nitrogen functional groups attached to an aromatic ring is 1. The van der Waals surface area contributed by atoms with E-state index in [1.165, 1.54) is 12.1 Å². The Kier molecular flexibility index (Phi) is 5.13. The number of halogens is 2. The topological polar surface area (TPSA) is 61.5 Å². The fourth-order valence-electron chi connectivity index (χ4n) is 2.34. The zero-order chi connectivity index (χ0) is 14.7. The third-order valence-corrected chi connectivity index (χ3v) is 4.13. The molecule has 0 aromatic heterocycles. The van der Waals surface area contributed by atoms with E-state index in [0.717, 1.165) is 25.7 Å². The summed E-state index contributed by atoms with van der Waals surface area (Å²) in [6.07, 6.45) is 3.58. The third kappa shape index (κ3) is 3.57. The number of hydrogen-bond donors (Lipinski definition) is 1. The maximum Gasteiger partial charge on any atom is 0.338 e. The van der Waals surface area contributed by atoms with Gasteiger partial charge >= 0.3 is 5.97 Å². The largest absolute Gasteiger partial charge is 0.459 e. The summed E-state index contributed by atoms with van der Waals surface area (Å²) >= 11 is 11.8. The molecule has 0 bridgehead atoms. The Bertz CT molecular complexity index is 484. The second kappa shape index (κ2) is 6.66. The highest BCUT2D eigenvalue weighted by Crippen LogP contribution is 2.30. The Morgan fingerprint density at radius 1 is 1.25 bits per heavy atom. The van der Waals surface area contributed by atoms with Crippen LogP contribution in [0.15, 0.2) is 12.1 Å². The van der Waals surface area contributed by atoms with Crippen LogP contribution >= 0.6 is 23.2 Å². The van der Waals surface area contributed by atoms with Gasteiger partial charge in [-0.15, -0.1) is 0 Å². The van der Waals surface area contributed by atoms with Gasteiger partial charge in [0.25, 0.3) is 0 Å². The highest BCUT2D eigenvalue weighted by molar-refractivity contribution is 6.39. The first-order valence-corrected chi connectivity index (χ1v) is 7.25. The van der Waals surface area contributed by atoms with Crippen LogP contribution in [0.5, 0.6) is 0 Å². The van der Waals surface area contributed by atoms with Crippen molar-refractivity contribution in [3.63, 3.8) is 0 Å². The molecule has 0 heterocycles. The number of methoxy groups -OCH3 is 1. The van der Waals surface area contributed by atoms with Gasteiger partial charge in [0.1, 0.15) is 6.10 Å². The second-order valence-corrected chi connectivity index (χ2v) is 5.72. The summed E-state index contributed by atoms with van der Waals surface area (Å²) in [4.78, 5) is 12.1. The fourth-order valence-corrected chi connectivity index (χ4v) is 2.83. The molecule has 0 spiro atoms. The fraction of sp³-hybridized carbons (Fsp3) is 0.500. The molecule has 1 fully saturated rings. The second-order valence-electron chi connectivity index (χ2n) is 4.91. The third-order valence-electron chi connectivity index (χ3n) is 3.50. The molecule has 20 heavy (non-hydrogen) atoms. The van der Waals surface area contributed by atoms with Gasteiger partial charge in [-0.1, -0.05) is 23.2 Å². The number of carbonyl (C=O) groups is 1. The van der Waals surface area contributed by atoms with E-state index in [-0.39, 0.29) is 27.9 Å². The summed E-state index contributed by atoms with van der Waals surface area (Å²) in [7, 11) is 1.67. The summed E-state index contributed by atoms with van der Waals surface area (Å²) in [6.45, 7) is 0. The van der Waals surface area contributed by atoms with Crippen LogP contribution in [0.3, 0.4) is 0 Å². The molecule has 2 rings (SSSR count). The van der Waals surface area contributed by atoms with E-state index in [1.54, 1.807) is 7.11 Å². The van der Waals surface area contributed by atoms with Gasteiger partial charge in [-0.25, -0.2) is 4.79 Å². The molecular weight excluding hydrogens is 301 g/mol. The molecule has 0 aliphatic heterocycles. The molecule has 1 aromatic carbocycles. The maximum atomic E-state index is 12.1. The van der Waals surface area contributed by atoms with Crippen LogP contribution in [-0.4, -0.2) is 25.3 Å². The molecule has 1 aliphatic rings. The van der Waals surface area contributed by atoms with Crippen LogP contribution in [0.25, 0.3) is 0 Å². The Balaban J connectivity index is 2.05. The lowest BCUT2D eigenvalue weighted by atomic mass is 9.95. The number of esters is 1. The lowest BCUT2D eigenvalue weighted by molar-refractivity contribution is -0.0149. The Hall–Kier alpha value is -0.970. The van der Waals surface area contributed by atoms with Crippen molar-refractivity contribution in [3.8, 4) is 0 Å². The number of hydrogen-bond acceptors (Lipinski definition) is 4. The monoisotopic (exact) mass is 317 g/mol. The first-order chi connectivity index (χ1) is 9.51. The van der Waals surface area contributed by atoms with E-state index in [4.69, 9.17) is 38.4 Å². The van der Waals surface area contributed by atoms with E-state index in [0.29, 0.717) is 5.56 Å². The van der Waals surface area contributed by atoms with Crippen molar-refractivity contribution in [1.82, 2.24) is 0 Å². The zero-order valence-corrected chi connectivity index (χ0v) is 12.7. The smallest absolute Gasteiger partial charge is 0.338 e. The summed E-state index contributed by atoms with van der Waals surface area (Å²) < 4.78 is 10.8. The van der Waals surface area contributed by atoms with E-state index in [1.807, 2.05) is 0 Å². The number of benzene rings is 1. The molecule has 1 aliphatic carbocycles. The molecule has 1 saturated carbocycles. The Morgan fingerprint density at radius 3 is 2.45 bits per heavy atom. The highest BCUT2D eigenvalue weighted by Gasteiger charge is 2.25. The summed E-state index contributed by atoms with van der Waals surface area (Å²) in [6, 6.07) is 2.95. The maximum absolute atomic E-state index is 12.1. The van der Waals surface area contributed by atoms with Gasteiger partial charge in [0, 0.05) is 13.5 Å². The zero-order valence-electron chi connectivity index (χ0n) is 11.2. The minimum atomic E-state index is -0.435. The van der Waals surface area contributed by atoms with Crippen LogP contribution in [0.1, 0.15) is 36.0 Å². The van der Waals surface area contributed by atoms with Crippen LogP contribution in [-0.2, 0) is 9.47 Å². The van der Waals surface area contributed by atoms with Gasteiger partial charge in [-0.05, 0) is 31.4 Å². The number of anilines is 1. The number of carbonyl (C=O) groups excluding carboxylic acids is 1. The van der Waals surface area contributed by atoms with Gasteiger partial charge in [0.15, 0.2) is 0 Å². The average Bonchev–Trinajstić information content (AvgIpc) is 2.44. The van der Waals surface area contributed by atoms with Crippen molar-refractivity contribution in [2.75, 3.05) is 12.8 Å². The molecule has 2 atom stereocenters. The molecule has 2 N–H and O–H groups in total. The van der Waals surface area contributed by atoms with Crippen molar-refractivity contribution in [1.29, 1.82) is 0 Å². The van der Waals surface area contributed by atoms with Crippen LogP contribution in [0, 0.1) is 0 Å². The molecule has 6 heteroatoms. The Labute approximate surface area is 128 Å². The van der Waals surface area contributed by atoms with Gasteiger partial charge in [-0.3, -0.25) is 0 Å². The van der Waals surface area contributed by atoms with Gasteiger partial charge in [-0.2, -0.15) is 0 Å². The molecule has 2 unspecified atom stereocenters. The highest BCUT2D eigenvalue weighted by atomic mass is 35.5. The quantitative estimate of drug-likeness (QED) is 0.682. The van der Waals surface area contributed by atoms with Crippen molar-refractivity contribution >= 4 is 34.9 Å². The minimum Gasteiger partial charge on any atom is -0.459 e. The summed E-state index contributed by atoms with van der Waals surface area (Å²) in [5.74, 6) is -0.435. The standard InChI is InChI=1S/C14H17Cl2NO3/c1-19-9-3-2-4-10(7-9)20-14(18)8-5-11(15)13(17)12(16)6-8/h5-6,9-10H,2-4,7,17H2,1H3. The van der Waals surface area contributed by atoms with E-state index >= 15 is 0 Å². The van der Waals surface area contributed by atoms with Crippen molar-refractivity contribution in [2.24, 2.45) is 0 Å². The van der Waals surface area contributed by atoms with Crippen molar-refractivity contribution < 1.29 is 14.3 Å². The first-order valence-electron chi connectivity index (χ1n) is 6.49. The van der Waals surface area contributed by atoms with Gasteiger partial charge < -0.3 is 15.2 Å². The number of rotatable bonds is 3. The van der Waals surface area contributed by atoms with Crippen LogP contribution in [0.2, 0.25) is 10.0 Å². The van der Waals surface area contributed by atoms with Crippen molar-refractivity contribution in [2.45, 2.75) is 37.9 Å². The minimum absolute atomic E-state index is 0.128. The Morgan fingerprint density at radius 2 is 1.85 bits per heavy atom. The number of nitrogens with two attached hydrogens (primary N) is 1. The van der Waals surface area contributed by atoms with Crippen molar-refractivity contribution in [3.05, 3.63) is 27.7 Å². The normalized spacial score (nSPS) is 22.6. The molecule has 0 radical (unpaired) electrons. The molecule has 0 saturated heterocycles. The summed E-state index contributed by atoms with van der Waals surface area (Å²) in [5.41, 5.74) is 6.22. The predicted molar refractivity (Wildman–Crippen MR) is 79.3 cm³/mol. The van der Waals surface area contributed by atoms with E-state index in [2.05, 4.69) is 0 Å².